The van der Waals surface area contributed by atoms with E-state index in [1.54, 1.807) is 44.2 Å². The summed E-state index contributed by atoms with van der Waals surface area (Å²) in [5.74, 6) is -0.590. The van der Waals surface area contributed by atoms with Crippen molar-refractivity contribution in [3.8, 4) is 0 Å². The lowest BCUT2D eigenvalue weighted by Gasteiger charge is -2.06. The number of nitrogens with zero attached hydrogens (tertiary/aromatic N) is 4. The molecule has 140 valence electrons. The fourth-order valence-electron chi connectivity index (χ4n) is 2.68. The number of nitrogens with one attached hydrogen (secondary N) is 1. The molecule has 2 heterocycles. The van der Waals surface area contributed by atoms with E-state index in [-0.39, 0.29) is 12.3 Å². The van der Waals surface area contributed by atoms with Crippen molar-refractivity contribution in [2.45, 2.75) is 27.3 Å². The molecule has 0 bridgehead atoms. The normalized spacial score (nSPS) is 10.8. The molecular formula is C18H19N5O4. The van der Waals surface area contributed by atoms with Crippen LogP contribution >= 0.6 is 0 Å². The van der Waals surface area contributed by atoms with E-state index in [9.17, 15) is 14.4 Å². The number of fused-ring (bicyclic) bond motifs is 1. The molecule has 9 nitrogen and oxygen atoms in total. The summed E-state index contributed by atoms with van der Waals surface area (Å²) in [6.07, 6.45) is 0. The molecule has 0 fully saturated rings. The van der Waals surface area contributed by atoms with Crippen LogP contribution in [-0.2, 0) is 16.1 Å². The fraction of sp³-hybridized carbons (Fsp3) is 0.278. The van der Waals surface area contributed by atoms with Crippen LogP contribution in [0.5, 0.6) is 0 Å². The monoisotopic (exact) mass is 369 g/mol. The predicted molar refractivity (Wildman–Crippen MR) is 97.7 cm³/mol. The zero-order valence-electron chi connectivity index (χ0n) is 15.2. The highest BCUT2D eigenvalue weighted by Gasteiger charge is 2.14. The Morgan fingerprint density at radius 2 is 1.89 bits per heavy atom. The number of esters is 1. The lowest BCUT2D eigenvalue weighted by Crippen LogP contribution is -2.28. The highest BCUT2D eigenvalue weighted by molar-refractivity contribution is 5.92. The summed E-state index contributed by atoms with van der Waals surface area (Å²) in [5.41, 5.74) is 1.90. The Balaban J connectivity index is 1.74. The average Bonchev–Trinajstić information content (AvgIpc) is 2.91. The minimum Gasteiger partial charge on any atom is -0.462 e. The van der Waals surface area contributed by atoms with Crippen LogP contribution in [0.4, 0.5) is 5.69 Å². The minimum atomic E-state index is -0.428. The molecule has 9 heteroatoms. The Labute approximate surface area is 154 Å². The third-order valence-electron chi connectivity index (χ3n) is 3.84. The smallest absolute Gasteiger partial charge is 0.352 e. The number of rotatable bonds is 5. The predicted octanol–water partition coefficient (Wildman–Crippen LogP) is 1.32. The Morgan fingerprint density at radius 1 is 1.19 bits per heavy atom. The summed E-state index contributed by atoms with van der Waals surface area (Å²) in [5, 5.41) is 6.77. The number of aromatic nitrogens is 4. The molecule has 0 spiro atoms. The molecule has 0 unspecified atom stereocenters. The lowest BCUT2D eigenvalue weighted by atomic mass is 10.2. The van der Waals surface area contributed by atoms with Crippen molar-refractivity contribution in [2.24, 2.45) is 0 Å². The Bertz CT molecular complexity index is 1070. The van der Waals surface area contributed by atoms with E-state index in [4.69, 9.17) is 4.74 Å². The van der Waals surface area contributed by atoms with Gasteiger partial charge in [0.2, 0.25) is 5.91 Å². The summed E-state index contributed by atoms with van der Waals surface area (Å²) in [6.45, 7) is 5.36. The van der Waals surface area contributed by atoms with Gasteiger partial charge in [0.05, 0.1) is 12.2 Å². The van der Waals surface area contributed by atoms with Gasteiger partial charge in [0.1, 0.15) is 6.54 Å². The van der Waals surface area contributed by atoms with Crippen LogP contribution in [0.2, 0.25) is 0 Å². The van der Waals surface area contributed by atoms with Gasteiger partial charge in [-0.2, -0.15) is 0 Å². The number of anilines is 1. The summed E-state index contributed by atoms with van der Waals surface area (Å²) >= 11 is 0. The van der Waals surface area contributed by atoms with E-state index in [1.807, 2.05) is 6.92 Å². The topological polar surface area (TPSA) is 108 Å². The molecule has 0 saturated heterocycles. The van der Waals surface area contributed by atoms with E-state index in [0.29, 0.717) is 23.6 Å². The van der Waals surface area contributed by atoms with Gasteiger partial charge in [-0.3, -0.25) is 4.79 Å². The van der Waals surface area contributed by atoms with Gasteiger partial charge in [0, 0.05) is 17.1 Å². The van der Waals surface area contributed by atoms with E-state index in [2.05, 4.69) is 15.4 Å². The van der Waals surface area contributed by atoms with Crippen LogP contribution in [0, 0.1) is 13.8 Å². The van der Waals surface area contributed by atoms with Crippen molar-refractivity contribution in [1.82, 2.24) is 19.2 Å². The summed E-state index contributed by atoms with van der Waals surface area (Å²) < 4.78 is 7.33. The molecule has 0 aliphatic carbocycles. The van der Waals surface area contributed by atoms with Crippen LogP contribution in [0.15, 0.2) is 35.1 Å². The van der Waals surface area contributed by atoms with Crippen molar-refractivity contribution >= 4 is 23.3 Å². The molecule has 27 heavy (non-hydrogen) atoms. The quantitative estimate of drug-likeness (QED) is 0.680. The van der Waals surface area contributed by atoms with Crippen LogP contribution < -0.4 is 11.0 Å². The highest BCUT2D eigenvalue weighted by atomic mass is 16.5. The molecular weight excluding hydrogens is 350 g/mol. The number of ether oxygens (including phenoxy) is 1. The van der Waals surface area contributed by atoms with Gasteiger partial charge >= 0.3 is 11.7 Å². The number of amides is 1. The van der Waals surface area contributed by atoms with Crippen molar-refractivity contribution in [2.75, 3.05) is 11.9 Å². The molecule has 1 amide bonds. The molecule has 3 rings (SSSR count). The zero-order chi connectivity index (χ0) is 19.6. The van der Waals surface area contributed by atoms with Crippen LogP contribution in [0.25, 0.3) is 5.78 Å². The number of aryl methyl sites for hydroxylation is 2. The van der Waals surface area contributed by atoms with Crippen LogP contribution in [0.1, 0.15) is 28.7 Å². The summed E-state index contributed by atoms with van der Waals surface area (Å²) in [6, 6.07) is 8.06. The highest BCUT2D eigenvalue weighted by Crippen LogP contribution is 2.11. The van der Waals surface area contributed by atoms with Crippen molar-refractivity contribution in [3.63, 3.8) is 0 Å². The van der Waals surface area contributed by atoms with Crippen molar-refractivity contribution in [1.29, 1.82) is 0 Å². The molecule has 2 aromatic heterocycles. The second-order valence-corrected chi connectivity index (χ2v) is 5.96. The van der Waals surface area contributed by atoms with E-state index in [0.717, 1.165) is 10.4 Å². The first-order chi connectivity index (χ1) is 12.9. The molecule has 0 radical (unpaired) electrons. The zero-order valence-corrected chi connectivity index (χ0v) is 15.2. The second-order valence-electron chi connectivity index (χ2n) is 5.96. The number of hydrogen-bond acceptors (Lipinski definition) is 6. The first-order valence-corrected chi connectivity index (χ1v) is 8.40. The first-order valence-electron chi connectivity index (χ1n) is 8.40. The first kappa shape index (κ1) is 18.3. The van der Waals surface area contributed by atoms with Gasteiger partial charge in [0.25, 0.3) is 5.78 Å². The third-order valence-corrected chi connectivity index (χ3v) is 3.84. The second kappa shape index (κ2) is 7.40. The van der Waals surface area contributed by atoms with E-state index >= 15 is 0 Å². The van der Waals surface area contributed by atoms with Gasteiger partial charge in [0.15, 0.2) is 0 Å². The summed E-state index contributed by atoms with van der Waals surface area (Å²) in [7, 11) is 0. The SMILES string of the molecule is CCOC(=O)c1ccc(NC(=O)Cn2nc3nc(C)cc(C)n3c2=O)cc1. The van der Waals surface area contributed by atoms with E-state index in [1.165, 1.54) is 4.40 Å². The van der Waals surface area contributed by atoms with Crippen LogP contribution in [0.3, 0.4) is 0 Å². The Morgan fingerprint density at radius 3 is 2.56 bits per heavy atom. The van der Waals surface area contributed by atoms with Gasteiger partial charge in [-0.1, -0.05) is 0 Å². The van der Waals surface area contributed by atoms with Gasteiger partial charge < -0.3 is 10.1 Å². The molecule has 0 saturated carbocycles. The molecule has 1 aromatic carbocycles. The minimum absolute atomic E-state index is 0.250. The molecule has 0 aliphatic rings. The molecule has 3 aromatic rings. The van der Waals surface area contributed by atoms with Gasteiger partial charge in [-0.25, -0.2) is 23.7 Å². The number of carbonyl (C=O) groups excluding carboxylic acids is 2. The molecule has 1 N–H and O–H groups in total. The summed E-state index contributed by atoms with van der Waals surface area (Å²) in [4.78, 5) is 40.5. The van der Waals surface area contributed by atoms with Crippen molar-refractivity contribution in [3.05, 3.63) is 57.8 Å². The standard InChI is InChI=1S/C18H19N5O4/c1-4-27-16(25)13-5-7-14(8-6-13)20-15(24)10-22-18(26)23-12(3)9-11(2)19-17(23)21-22/h5-9H,4,10H2,1-3H3,(H,20,24). The fourth-order valence-corrected chi connectivity index (χ4v) is 2.68. The Hall–Kier alpha value is -3.49. The lowest BCUT2D eigenvalue weighted by molar-refractivity contribution is -0.117. The number of benzene rings is 1. The Kier molecular flexibility index (Phi) is 5.02. The third kappa shape index (κ3) is 3.86. The van der Waals surface area contributed by atoms with Crippen LogP contribution in [-0.4, -0.2) is 37.6 Å². The maximum absolute atomic E-state index is 12.4. The average molecular weight is 369 g/mol. The number of carbonyl (C=O) groups is 2. The molecule has 0 atom stereocenters. The van der Waals surface area contributed by atoms with Gasteiger partial charge in [-0.15, -0.1) is 5.10 Å². The van der Waals surface area contributed by atoms with Crippen molar-refractivity contribution < 1.29 is 14.3 Å². The van der Waals surface area contributed by atoms with Gasteiger partial charge in [-0.05, 0) is 51.1 Å². The maximum Gasteiger partial charge on any atom is 0.352 e. The maximum atomic E-state index is 12.4. The number of hydrogen-bond donors (Lipinski definition) is 1. The largest absolute Gasteiger partial charge is 0.462 e. The molecule has 0 aliphatic heterocycles. The van der Waals surface area contributed by atoms with E-state index < -0.39 is 17.6 Å².